The number of hydrogen-bond acceptors (Lipinski definition) is 4. The lowest BCUT2D eigenvalue weighted by atomic mass is 9.74. The SMILES string of the molecule is CC(C)CS(=O)(=O)N1CC2(CCN(Cc3cncn3C)CC2)CC1(C)C. The Kier molecular flexibility index (Phi) is 5.27. The first-order valence-electron chi connectivity index (χ1n) is 9.71. The van der Waals surface area contributed by atoms with Gasteiger partial charge in [0.05, 0.1) is 17.8 Å². The quantitative estimate of drug-likeness (QED) is 0.785. The lowest BCUT2D eigenvalue weighted by molar-refractivity contribution is 0.105. The summed E-state index contributed by atoms with van der Waals surface area (Å²) in [5, 5.41) is 0. The van der Waals surface area contributed by atoms with Crippen molar-refractivity contribution in [2.24, 2.45) is 18.4 Å². The molecule has 0 atom stereocenters. The van der Waals surface area contributed by atoms with Crippen molar-refractivity contribution >= 4 is 10.0 Å². The number of piperidine rings is 1. The third-order valence-corrected chi connectivity index (χ3v) is 8.44. The Morgan fingerprint density at radius 1 is 1.23 bits per heavy atom. The van der Waals surface area contributed by atoms with Crippen molar-refractivity contribution in [2.75, 3.05) is 25.4 Å². The van der Waals surface area contributed by atoms with Crippen LogP contribution in [0.4, 0.5) is 0 Å². The molecule has 2 fully saturated rings. The highest BCUT2D eigenvalue weighted by Gasteiger charge is 2.53. The van der Waals surface area contributed by atoms with Crippen molar-refractivity contribution in [3.05, 3.63) is 18.2 Å². The van der Waals surface area contributed by atoms with Gasteiger partial charge in [-0.25, -0.2) is 13.4 Å². The molecule has 0 aromatic carbocycles. The molecule has 6 nitrogen and oxygen atoms in total. The molecule has 0 radical (unpaired) electrons. The topological polar surface area (TPSA) is 58.4 Å². The highest BCUT2D eigenvalue weighted by molar-refractivity contribution is 7.89. The molecule has 1 aromatic rings. The minimum Gasteiger partial charge on any atom is -0.337 e. The predicted molar refractivity (Wildman–Crippen MR) is 104 cm³/mol. The van der Waals surface area contributed by atoms with Crippen molar-refractivity contribution in [3.8, 4) is 0 Å². The third-order valence-electron chi connectivity index (χ3n) is 6.06. The molecule has 0 saturated carbocycles. The van der Waals surface area contributed by atoms with E-state index in [-0.39, 0.29) is 22.6 Å². The number of sulfonamides is 1. The summed E-state index contributed by atoms with van der Waals surface area (Å²) in [4.78, 5) is 6.67. The Labute approximate surface area is 158 Å². The van der Waals surface area contributed by atoms with E-state index >= 15 is 0 Å². The van der Waals surface area contributed by atoms with Crippen LogP contribution in [0.2, 0.25) is 0 Å². The molecule has 0 bridgehead atoms. The van der Waals surface area contributed by atoms with Crippen LogP contribution in [0, 0.1) is 11.3 Å². The Balaban J connectivity index is 1.66. The molecule has 3 heterocycles. The second-order valence-corrected chi connectivity index (χ2v) is 11.4. The van der Waals surface area contributed by atoms with Crippen molar-refractivity contribution < 1.29 is 8.42 Å². The summed E-state index contributed by atoms with van der Waals surface area (Å²) in [6.07, 6.45) is 6.89. The molecule has 0 aliphatic carbocycles. The summed E-state index contributed by atoms with van der Waals surface area (Å²) < 4.78 is 29.7. The normalized spacial score (nSPS) is 23.9. The van der Waals surface area contributed by atoms with Crippen molar-refractivity contribution in [1.82, 2.24) is 18.8 Å². The van der Waals surface area contributed by atoms with Gasteiger partial charge in [-0.3, -0.25) is 4.90 Å². The largest absolute Gasteiger partial charge is 0.337 e. The molecule has 1 spiro atoms. The molecular formula is C19H34N4O2S. The first kappa shape index (κ1) is 19.8. The maximum atomic E-state index is 12.9. The second-order valence-electron chi connectivity index (χ2n) is 9.44. The smallest absolute Gasteiger partial charge is 0.214 e. The zero-order chi connectivity index (χ0) is 19.2. The number of aryl methyl sites for hydroxylation is 1. The van der Waals surface area contributed by atoms with E-state index in [1.807, 2.05) is 37.7 Å². The van der Waals surface area contributed by atoms with Gasteiger partial charge < -0.3 is 4.57 Å². The monoisotopic (exact) mass is 382 g/mol. The Morgan fingerprint density at radius 2 is 1.88 bits per heavy atom. The summed E-state index contributed by atoms with van der Waals surface area (Å²) in [5.41, 5.74) is 1.09. The molecular weight excluding hydrogens is 348 g/mol. The van der Waals surface area contributed by atoms with Gasteiger partial charge in [0.15, 0.2) is 0 Å². The average molecular weight is 383 g/mol. The van der Waals surface area contributed by atoms with E-state index in [0.29, 0.717) is 6.54 Å². The van der Waals surface area contributed by atoms with Gasteiger partial charge in [-0.05, 0) is 57.5 Å². The minimum absolute atomic E-state index is 0.135. The lowest BCUT2D eigenvalue weighted by Crippen LogP contribution is -2.45. The van der Waals surface area contributed by atoms with Crippen molar-refractivity contribution in [1.29, 1.82) is 0 Å². The van der Waals surface area contributed by atoms with Crippen LogP contribution < -0.4 is 0 Å². The highest BCUT2D eigenvalue weighted by atomic mass is 32.2. The molecule has 148 valence electrons. The van der Waals surface area contributed by atoms with E-state index < -0.39 is 10.0 Å². The van der Waals surface area contributed by atoms with Crippen LogP contribution in [-0.2, 0) is 23.6 Å². The van der Waals surface area contributed by atoms with Gasteiger partial charge in [-0.1, -0.05) is 13.8 Å². The third kappa shape index (κ3) is 3.99. The molecule has 0 unspecified atom stereocenters. The molecule has 3 rings (SSSR count). The molecule has 2 saturated heterocycles. The fourth-order valence-corrected chi connectivity index (χ4v) is 7.16. The summed E-state index contributed by atoms with van der Waals surface area (Å²) in [7, 11) is -1.16. The fourth-order valence-electron chi connectivity index (χ4n) is 4.85. The number of rotatable bonds is 5. The van der Waals surface area contributed by atoms with Crippen molar-refractivity contribution in [2.45, 2.75) is 59.0 Å². The molecule has 26 heavy (non-hydrogen) atoms. The number of hydrogen-bond donors (Lipinski definition) is 0. The van der Waals surface area contributed by atoms with E-state index in [4.69, 9.17) is 0 Å². The van der Waals surface area contributed by atoms with Crippen LogP contribution in [0.3, 0.4) is 0 Å². The van der Waals surface area contributed by atoms with Gasteiger partial charge in [0, 0.05) is 31.9 Å². The van der Waals surface area contributed by atoms with Crippen LogP contribution >= 0.6 is 0 Å². The van der Waals surface area contributed by atoms with Crippen molar-refractivity contribution in [3.63, 3.8) is 0 Å². The number of imidazole rings is 1. The predicted octanol–water partition coefficient (Wildman–Crippen LogP) is 2.47. The first-order chi connectivity index (χ1) is 12.0. The maximum Gasteiger partial charge on any atom is 0.214 e. The molecule has 0 amide bonds. The standard InChI is InChI=1S/C19H34N4O2S/c1-16(2)12-26(24,25)23-14-19(13-18(23,3)4)6-8-22(9-7-19)11-17-10-20-15-21(17)5/h10,15-16H,6-9,11-14H2,1-5H3. The van der Waals surface area contributed by atoms with E-state index in [9.17, 15) is 8.42 Å². The van der Waals surface area contributed by atoms with Gasteiger partial charge in [0.25, 0.3) is 0 Å². The van der Waals surface area contributed by atoms with E-state index in [1.54, 1.807) is 0 Å². The van der Waals surface area contributed by atoms with Gasteiger partial charge in [-0.2, -0.15) is 4.31 Å². The van der Waals surface area contributed by atoms with E-state index in [2.05, 4.69) is 28.3 Å². The van der Waals surface area contributed by atoms with Crippen LogP contribution in [0.1, 0.15) is 52.7 Å². The lowest BCUT2D eigenvalue weighted by Gasteiger charge is -2.39. The zero-order valence-corrected chi connectivity index (χ0v) is 17.7. The minimum atomic E-state index is -3.19. The summed E-state index contributed by atoms with van der Waals surface area (Å²) >= 11 is 0. The molecule has 1 aromatic heterocycles. The number of aromatic nitrogens is 2. The van der Waals surface area contributed by atoms with E-state index in [1.165, 1.54) is 5.69 Å². The molecule has 2 aliphatic heterocycles. The van der Waals surface area contributed by atoms with Gasteiger partial charge >= 0.3 is 0 Å². The molecule has 0 N–H and O–H groups in total. The highest BCUT2D eigenvalue weighted by Crippen LogP contribution is 2.49. The summed E-state index contributed by atoms with van der Waals surface area (Å²) in [6, 6.07) is 0. The van der Waals surface area contributed by atoms with Crippen LogP contribution in [0.25, 0.3) is 0 Å². The summed E-state index contributed by atoms with van der Waals surface area (Å²) in [6.45, 7) is 11.8. The van der Waals surface area contributed by atoms with Crippen LogP contribution in [0.5, 0.6) is 0 Å². The molecule has 7 heteroatoms. The van der Waals surface area contributed by atoms with Crippen LogP contribution in [0.15, 0.2) is 12.5 Å². The van der Waals surface area contributed by atoms with Crippen LogP contribution in [-0.4, -0.2) is 58.1 Å². The number of likely N-dealkylation sites (tertiary alicyclic amines) is 1. The first-order valence-corrected chi connectivity index (χ1v) is 11.3. The van der Waals surface area contributed by atoms with Gasteiger partial charge in [-0.15, -0.1) is 0 Å². The average Bonchev–Trinajstić information content (AvgIpc) is 3.02. The van der Waals surface area contributed by atoms with E-state index in [0.717, 1.165) is 38.9 Å². The maximum absolute atomic E-state index is 12.9. The molecule has 2 aliphatic rings. The zero-order valence-electron chi connectivity index (χ0n) is 16.9. The Bertz CT molecular complexity index is 730. The van der Waals surface area contributed by atoms with Gasteiger partial charge in [0.1, 0.15) is 0 Å². The Hall–Kier alpha value is -0.920. The Morgan fingerprint density at radius 3 is 2.42 bits per heavy atom. The fraction of sp³-hybridized carbons (Fsp3) is 0.842. The second kappa shape index (κ2) is 6.91. The number of nitrogens with zero attached hydrogens (tertiary/aromatic N) is 4. The van der Waals surface area contributed by atoms with Gasteiger partial charge in [0.2, 0.25) is 10.0 Å². The summed E-state index contributed by atoms with van der Waals surface area (Å²) in [5.74, 6) is 0.409.